The average Bonchev–Trinajstić information content (AvgIpc) is 3.38. The Bertz CT molecular complexity index is 1770. The second kappa shape index (κ2) is 8.30. The zero-order valence-electron chi connectivity index (χ0n) is 21.7. The number of hydrogen-bond acceptors (Lipinski definition) is 3. The van der Waals surface area contributed by atoms with Crippen LogP contribution in [0.25, 0.3) is 50.3 Å². The molecule has 3 aromatic carbocycles. The molecular formula is C31H31N4O+. The molecule has 0 unspecified atom stereocenters. The second-order valence-corrected chi connectivity index (χ2v) is 10.2. The molecule has 0 atom stereocenters. The Hall–Kier alpha value is -3.99. The minimum atomic E-state index is 0.220. The fourth-order valence-corrected chi connectivity index (χ4v) is 5.56. The van der Waals surface area contributed by atoms with Crippen LogP contribution < -0.4 is 4.57 Å². The highest BCUT2D eigenvalue weighted by Gasteiger charge is 2.33. The first-order valence-corrected chi connectivity index (χ1v) is 12.6. The summed E-state index contributed by atoms with van der Waals surface area (Å²) in [5.74, 6) is 1.67. The number of imidazole rings is 1. The standard InChI is InChI=1S/C31H31N4O/c1-18(2)22-17-23-27-30(33-16-15-32-27)36-29(23)26(19(3)4)28(22)35-25-14-10-9-13-24(25)34(6)31(35)21-12-8-7-11-20(21)5/h7-19H,1-6H3/q+1. The third-order valence-corrected chi connectivity index (χ3v) is 7.26. The van der Waals surface area contributed by atoms with Gasteiger partial charge in [-0.3, -0.25) is 0 Å². The number of rotatable bonds is 4. The van der Waals surface area contributed by atoms with E-state index in [0.717, 1.165) is 22.3 Å². The normalized spacial score (nSPS) is 12.1. The third kappa shape index (κ3) is 3.19. The van der Waals surface area contributed by atoms with E-state index in [4.69, 9.17) is 4.42 Å². The molecule has 5 heteroatoms. The van der Waals surface area contributed by atoms with Crippen molar-refractivity contribution in [1.82, 2.24) is 14.5 Å². The Balaban J connectivity index is 1.87. The van der Waals surface area contributed by atoms with Crippen LogP contribution in [0.4, 0.5) is 0 Å². The number of fused-ring (bicyclic) bond motifs is 4. The van der Waals surface area contributed by atoms with Crippen LogP contribution in [-0.2, 0) is 7.05 Å². The molecule has 0 aliphatic carbocycles. The van der Waals surface area contributed by atoms with Crippen LogP contribution in [0.2, 0.25) is 0 Å². The van der Waals surface area contributed by atoms with E-state index in [2.05, 4.69) is 115 Å². The maximum absolute atomic E-state index is 6.44. The van der Waals surface area contributed by atoms with E-state index in [1.165, 1.54) is 39.0 Å². The molecule has 6 aromatic rings. The number of hydrogen-bond donors (Lipinski definition) is 0. The molecule has 0 radical (unpaired) electrons. The average molecular weight is 476 g/mol. The van der Waals surface area contributed by atoms with Crippen molar-refractivity contribution in [2.45, 2.75) is 46.5 Å². The zero-order valence-corrected chi connectivity index (χ0v) is 21.7. The van der Waals surface area contributed by atoms with E-state index in [1.54, 1.807) is 12.4 Å². The van der Waals surface area contributed by atoms with Gasteiger partial charge in [0.2, 0.25) is 5.71 Å². The lowest BCUT2D eigenvalue weighted by Gasteiger charge is -2.19. The van der Waals surface area contributed by atoms with E-state index in [0.29, 0.717) is 11.6 Å². The van der Waals surface area contributed by atoms with E-state index in [9.17, 15) is 0 Å². The molecule has 3 heterocycles. The van der Waals surface area contributed by atoms with Crippen molar-refractivity contribution in [3.05, 3.63) is 83.7 Å². The number of benzene rings is 3. The molecule has 0 saturated carbocycles. The van der Waals surface area contributed by atoms with Gasteiger partial charge < -0.3 is 4.42 Å². The van der Waals surface area contributed by atoms with Crippen LogP contribution >= 0.6 is 0 Å². The van der Waals surface area contributed by atoms with Crippen molar-refractivity contribution in [2.75, 3.05) is 0 Å². The molecule has 36 heavy (non-hydrogen) atoms. The predicted octanol–water partition coefficient (Wildman–Crippen LogP) is 7.37. The topological polar surface area (TPSA) is 47.7 Å². The van der Waals surface area contributed by atoms with Gasteiger partial charge in [-0.05, 0) is 48.6 Å². The Morgan fingerprint density at radius 2 is 1.61 bits per heavy atom. The van der Waals surface area contributed by atoms with Gasteiger partial charge in [-0.25, -0.2) is 14.5 Å². The highest BCUT2D eigenvalue weighted by Crippen LogP contribution is 2.43. The Morgan fingerprint density at radius 1 is 0.889 bits per heavy atom. The van der Waals surface area contributed by atoms with Crippen LogP contribution in [0, 0.1) is 6.92 Å². The summed E-state index contributed by atoms with van der Waals surface area (Å²) < 4.78 is 11.2. The Labute approximate surface area is 211 Å². The number of nitrogens with zero attached hydrogens (tertiary/aromatic N) is 4. The minimum absolute atomic E-state index is 0.220. The quantitative estimate of drug-likeness (QED) is 0.250. The Morgan fingerprint density at radius 3 is 2.36 bits per heavy atom. The smallest absolute Gasteiger partial charge is 0.295 e. The monoisotopic (exact) mass is 475 g/mol. The third-order valence-electron chi connectivity index (χ3n) is 7.26. The first-order chi connectivity index (χ1) is 17.4. The van der Waals surface area contributed by atoms with Crippen molar-refractivity contribution >= 4 is 33.2 Å². The Kier molecular flexibility index (Phi) is 5.18. The van der Waals surface area contributed by atoms with E-state index in [-0.39, 0.29) is 5.92 Å². The van der Waals surface area contributed by atoms with Crippen molar-refractivity contribution in [3.63, 3.8) is 0 Å². The molecule has 0 amide bonds. The van der Waals surface area contributed by atoms with Crippen LogP contribution in [0.15, 0.2) is 71.4 Å². The lowest BCUT2D eigenvalue weighted by molar-refractivity contribution is -0.633. The van der Waals surface area contributed by atoms with Crippen molar-refractivity contribution in [1.29, 1.82) is 0 Å². The summed E-state index contributed by atoms with van der Waals surface area (Å²) in [5, 5.41) is 1.03. The number of para-hydroxylation sites is 2. The van der Waals surface area contributed by atoms with Crippen molar-refractivity contribution in [3.8, 4) is 17.1 Å². The number of furan rings is 1. The van der Waals surface area contributed by atoms with E-state index >= 15 is 0 Å². The van der Waals surface area contributed by atoms with Gasteiger partial charge in [0.15, 0.2) is 11.0 Å². The molecule has 0 saturated heterocycles. The SMILES string of the molecule is Cc1ccccc1-c1n(-c2c(C(C)C)cc3c(oc4nccnc43)c2C(C)C)c2ccccc2[n+]1C. The van der Waals surface area contributed by atoms with Gasteiger partial charge in [-0.15, -0.1) is 0 Å². The highest BCUT2D eigenvalue weighted by molar-refractivity contribution is 6.04. The van der Waals surface area contributed by atoms with Crippen LogP contribution in [0.1, 0.15) is 56.2 Å². The predicted molar refractivity (Wildman–Crippen MR) is 146 cm³/mol. The molecule has 0 aliphatic rings. The second-order valence-electron chi connectivity index (χ2n) is 10.2. The lowest BCUT2D eigenvalue weighted by atomic mass is 9.90. The molecule has 0 aliphatic heterocycles. The molecule has 0 bridgehead atoms. The lowest BCUT2D eigenvalue weighted by Crippen LogP contribution is -2.30. The van der Waals surface area contributed by atoms with Crippen molar-refractivity contribution in [2.24, 2.45) is 7.05 Å². The molecule has 0 N–H and O–H groups in total. The summed E-state index contributed by atoms with van der Waals surface area (Å²) in [4.78, 5) is 9.12. The molecule has 3 aromatic heterocycles. The zero-order chi connectivity index (χ0) is 25.1. The van der Waals surface area contributed by atoms with Gasteiger partial charge in [0, 0.05) is 28.9 Å². The van der Waals surface area contributed by atoms with Crippen LogP contribution in [0.3, 0.4) is 0 Å². The number of aromatic nitrogens is 4. The molecule has 180 valence electrons. The number of aryl methyl sites for hydroxylation is 2. The molecular weight excluding hydrogens is 444 g/mol. The summed E-state index contributed by atoms with van der Waals surface area (Å²) in [6.45, 7) is 11.2. The largest absolute Gasteiger partial charge is 0.436 e. The minimum Gasteiger partial charge on any atom is -0.436 e. The summed E-state index contributed by atoms with van der Waals surface area (Å²) in [6.07, 6.45) is 3.44. The fourth-order valence-electron chi connectivity index (χ4n) is 5.56. The summed E-state index contributed by atoms with van der Waals surface area (Å²) in [7, 11) is 2.16. The van der Waals surface area contributed by atoms with E-state index in [1.807, 2.05) is 0 Å². The summed E-state index contributed by atoms with van der Waals surface area (Å²) in [6, 6.07) is 19.6. The first-order valence-electron chi connectivity index (χ1n) is 12.6. The van der Waals surface area contributed by atoms with Crippen LogP contribution in [0.5, 0.6) is 0 Å². The maximum atomic E-state index is 6.44. The molecule has 5 nitrogen and oxygen atoms in total. The maximum Gasteiger partial charge on any atom is 0.295 e. The molecule has 6 rings (SSSR count). The van der Waals surface area contributed by atoms with Gasteiger partial charge in [0.25, 0.3) is 5.82 Å². The summed E-state index contributed by atoms with van der Waals surface area (Å²) in [5.41, 5.74) is 10.8. The molecule has 0 fully saturated rings. The van der Waals surface area contributed by atoms with Gasteiger partial charge in [-0.2, -0.15) is 4.57 Å². The summed E-state index contributed by atoms with van der Waals surface area (Å²) >= 11 is 0. The highest BCUT2D eigenvalue weighted by atomic mass is 16.3. The van der Waals surface area contributed by atoms with Gasteiger partial charge in [0.05, 0.1) is 12.6 Å². The van der Waals surface area contributed by atoms with Gasteiger partial charge >= 0.3 is 0 Å². The fraction of sp³-hybridized carbons (Fsp3) is 0.258. The van der Waals surface area contributed by atoms with E-state index < -0.39 is 0 Å². The molecule has 0 spiro atoms. The van der Waals surface area contributed by atoms with Crippen molar-refractivity contribution < 1.29 is 8.98 Å². The van der Waals surface area contributed by atoms with Crippen LogP contribution in [-0.4, -0.2) is 14.5 Å². The van der Waals surface area contributed by atoms with Gasteiger partial charge in [0.1, 0.15) is 16.8 Å². The van der Waals surface area contributed by atoms with Gasteiger partial charge in [-0.1, -0.05) is 58.0 Å². The first kappa shape index (κ1) is 22.5.